The van der Waals surface area contributed by atoms with Crippen molar-refractivity contribution >= 4 is 22.7 Å². The summed E-state index contributed by atoms with van der Waals surface area (Å²) in [7, 11) is 1.62. The van der Waals surface area contributed by atoms with Crippen LogP contribution in [-0.2, 0) is 28.1 Å². The van der Waals surface area contributed by atoms with Gasteiger partial charge in [-0.2, -0.15) is 0 Å². The number of methoxy groups -OCH3 is 1. The quantitative estimate of drug-likeness (QED) is 0.726. The summed E-state index contributed by atoms with van der Waals surface area (Å²) in [4.78, 5) is 33.3. The fraction of sp³-hybridized carbons (Fsp3) is 0.304. The van der Waals surface area contributed by atoms with E-state index in [1.165, 1.54) is 12.1 Å². The lowest BCUT2D eigenvalue weighted by molar-refractivity contribution is -0.166. The lowest BCUT2D eigenvalue weighted by Gasteiger charge is -2.49. The van der Waals surface area contributed by atoms with E-state index in [9.17, 15) is 14.0 Å². The number of piperazine rings is 1. The third-order valence-corrected chi connectivity index (χ3v) is 6.34. The molecule has 154 valence electrons. The maximum absolute atomic E-state index is 13.7. The number of hydrogen-bond acceptors (Lipinski definition) is 3. The molecule has 1 unspecified atom stereocenters. The zero-order valence-corrected chi connectivity index (χ0v) is 16.9. The van der Waals surface area contributed by atoms with E-state index in [1.54, 1.807) is 29.0 Å². The Morgan fingerprint density at radius 1 is 1.17 bits per heavy atom. The Balaban J connectivity index is 1.58. The van der Waals surface area contributed by atoms with Gasteiger partial charge in [0.1, 0.15) is 18.1 Å². The molecule has 2 aromatic carbocycles. The molecular weight excluding hydrogens is 385 g/mol. The molecule has 7 heteroatoms. The summed E-state index contributed by atoms with van der Waals surface area (Å²) in [5.41, 5.74) is 2.41. The maximum atomic E-state index is 13.7. The van der Waals surface area contributed by atoms with Crippen molar-refractivity contribution in [3.63, 3.8) is 0 Å². The lowest BCUT2D eigenvalue weighted by Crippen LogP contribution is -2.66. The number of halogens is 1. The molecule has 1 fully saturated rings. The number of ether oxygens (including phenoxy) is 1. The highest BCUT2D eigenvalue weighted by Crippen LogP contribution is 2.42. The molecule has 1 saturated heterocycles. The van der Waals surface area contributed by atoms with Gasteiger partial charge in [0.05, 0.1) is 12.8 Å². The standard InChI is InChI=1S/C23H22FN3O3/c1-23-21-17(18-11-16(30-2)7-8-19(18)25-21)9-10-27(23)20(28)13-26(22(23)29)12-14-3-5-15(24)6-4-14/h3-8,11,25H,9-10,12-13H2,1-2H3. The molecule has 2 aliphatic rings. The minimum absolute atomic E-state index is 0.0230. The average Bonchev–Trinajstić information content (AvgIpc) is 3.12. The second kappa shape index (κ2) is 6.58. The summed E-state index contributed by atoms with van der Waals surface area (Å²) in [6, 6.07) is 11.8. The van der Waals surface area contributed by atoms with Crippen LogP contribution in [0.2, 0.25) is 0 Å². The molecule has 0 bridgehead atoms. The molecule has 1 aromatic heterocycles. The van der Waals surface area contributed by atoms with Gasteiger partial charge in [-0.25, -0.2) is 4.39 Å². The number of hydrogen-bond donors (Lipinski definition) is 1. The van der Waals surface area contributed by atoms with Gasteiger partial charge in [0.15, 0.2) is 5.54 Å². The molecule has 3 heterocycles. The summed E-state index contributed by atoms with van der Waals surface area (Å²) in [5, 5.41) is 1.01. The van der Waals surface area contributed by atoms with Crippen LogP contribution in [0.25, 0.3) is 10.9 Å². The number of rotatable bonds is 3. The molecule has 0 aliphatic carbocycles. The van der Waals surface area contributed by atoms with Crippen molar-refractivity contribution < 1.29 is 18.7 Å². The van der Waals surface area contributed by atoms with E-state index in [4.69, 9.17) is 4.74 Å². The highest BCUT2D eigenvalue weighted by Gasteiger charge is 2.54. The Bertz CT molecular complexity index is 1170. The lowest BCUT2D eigenvalue weighted by atomic mass is 9.83. The number of H-pyrrole nitrogens is 1. The van der Waals surface area contributed by atoms with Gasteiger partial charge in [-0.05, 0) is 54.8 Å². The van der Waals surface area contributed by atoms with Crippen LogP contribution >= 0.6 is 0 Å². The van der Waals surface area contributed by atoms with Crippen LogP contribution in [0.3, 0.4) is 0 Å². The number of nitrogens with zero attached hydrogens (tertiary/aromatic N) is 2. The minimum atomic E-state index is -1.10. The average molecular weight is 407 g/mol. The fourth-order valence-corrected chi connectivity index (χ4v) is 4.77. The van der Waals surface area contributed by atoms with Crippen LogP contribution in [0.4, 0.5) is 4.39 Å². The van der Waals surface area contributed by atoms with Crippen molar-refractivity contribution in [3.05, 3.63) is 65.1 Å². The Morgan fingerprint density at radius 3 is 2.67 bits per heavy atom. The summed E-state index contributed by atoms with van der Waals surface area (Å²) >= 11 is 0. The Kier molecular flexibility index (Phi) is 4.10. The van der Waals surface area contributed by atoms with Crippen molar-refractivity contribution in [2.24, 2.45) is 0 Å². The van der Waals surface area contributed by atoms with Gasteiger partial charge in [0.25, 0.3) is 5.91 Å². The Morgan fingerprint density at radius 2 is 1.93 bits per heavy atom. The van der Waals surface area contributed by atoms with E-state index in [2.05, 4.69) is 4.98 Å². The number of aromatic nitrogens is 1. The normalized spacial score (nSPS) is 21.0. The summed E-state index contributed by atoms with van der Waals surface area (Å²) in [5.74, 6) is 0.205. The maximum Gasteiger partial charge on any atom is 0.255 e. The molecule has 1 atom stereocenters. The van der Waals surface area contributed by atoms with E-state index in [1.807, 2.05) is 25.1 Å². The molecule has 0 radical (unpaired) electrons. The smallest absolute Gasteiger partial charge is 0.255 e. The highest BCUT2D eigenvalue weighted by atomic mass is 19.1. The number of aromatic amines is 1. The van der Waals surface area contributed by atoms with Crippen LogP contribution in [0.5, 0.6) is 5.75 Å². The van der Waals surface area contributed by atoms with Gasteiger partial charge < -0.3 is 19.5 Å². The van der Waals surface area contributed by atoms with Crippen molar-refractivity contribution in [3.8, 4) is 5.75 Å². The summed E-state index contributed by atoms with van der Waals surface area (Å²) < 4.78 is 18.6. The largest absolute Gasteiger partial charge is 0.497 e. The van der Waals surface area contributed by atoms with Gasteiger partial charge in [-0.3, -0.25) is 9.59 Å². The second-order valence-corrected chi connectivity index (χ2v) is 8.05. The van der Waals surface area contributed by atoms with Crippen molar-refractivity contribution in [1.82, 2.24) is 14.8 Å². The topological polar surface area (TPSA) is 65.6 Å². The molecule has 30 heavy (non-hydrogen) atoms. The first-order valence-electron chi connectivity index (χ1n) is 9.95. The molecule has 2 aliphatic heterocycles. The van der Waals surface area contributed by atoms with E-state index < -0.39 is 5.54 Å². The summed E-state index contributed by atoms with van der Waals surface area (Å²) in [6.07, 6.45) is 0.676. The third kappa shape index (κ3) is 2.61. The van der Waals surface area contributed by atoms with Crippen molar-refractivity contribution in [1.29, 1.82) is 0 Å². The van der Waals surface area contributed by atoms with E-state index in [-0.39, 0.29) is 30.7 Å². The Hall–Kier alpha value is -3.35. The SMILES string of the molecule is COc1ccc2[nH]c3c(c2c1)CCN1C(=O)CN(Cc2ccc(F)cc2)C(=O)C31C. The van der Waals surface area contributed by atoms with E-state index in [0.717, 1.165) is 33.5 Å². The number of amides is 2. The van der Waals surface area contributed by atoms with Crippen LogP contribution < -0.4 is 4.74 Å². The van der Waals surface area contributed by atoms with Gasteiger partial charge in [-0.1, -0.05) is 12.1 Å². The van der Waals surface area contributed by atoms with Gasteiger partial charge in [0, 0.05) is 24.0 Å². The molecule has 2 amide bonds. The number of carbonyl (C=O) groups excluding carboxylic acids is 2. The number of benzene rings is 2. The molecular formula is C23H22FN3O3. The van der Waals surface area contributed by atoms with Gasteiger partial charge >= 0.3 is 0 Å². The first kappa shape index (κ1) is 18.7. The van der Waals surface area contributed by atoms with Crippen LogP contribution in [0, 0.1) is 5.82 Å². The van der Waals surface area contributed by atoms with Crippen LogP contribution in [0.1, 0.15) is 23.7 Å². The summed E-state index contributed by atoms with van der Waals surface area (Å²) in [6.45, 7) is 2.59. The molecule has 6 nitrogen and oxygen atoms in total. The predicted octanol–water partition coefficient (Wildman–Crippen LogP) is 2.96. The molecule has 1 N–H and O–H groups in total. The zero-order valence-electron chi connectivity index (χ0n) is 16.9. The minimum Gasteiger partial charge on any atom is -0.497 e. The second-order valence-electron chi connectivity index (χ2n) is 8.05. The van der Waals surface area contributed by atoms with Gasteiger partial charge in [-0.15, -0.1) is 0 Å². The monoisotopic (exact) mass is 407 g/mol. The number of carbonyl (C=O) groups is 2. The van der Waals surface area contributed by atoms with E-state index in [0.29, 0.717) is 13.0 Å². The molecule has 5 rings (SSSR count). The first-order chi connectivity index (χ1) is 14.4. The van der Waals surface area contributed by atoms with Crippen LogP contribution in [-0.4, -0.2) is 46.8 Å². The van der Waals surface area contributed by atoms with Crippen molar-refractivity contribution in [2.45, 2.75) is 25.4 Å². The zero-order chi connectivity index (χ0) is 21.0. The fourth-order valence-electron chi connectivity index (χ4n) is 4.77. The number of fused-ring (bicyclic) bond motifs is 5. The first-order valence-corrected chi connectivity index (χ1v) is 9.95. The van der Waals surface area contributed by atoms with Crippen LogP contribution in [0.15, 0.2) is 42.5 Å². The third-order valence-electron chi connectivity index (χ3n) is 6.34. The number of nitrogens with one attached hydrogen (secondary N) is 1. The molecule has 0 spiro atoms. The van der Waals surface area contributed by atoms with Crippen molar-refractivity contribution in [2.75, 3.05) is 20.2 Å². The van der Waals surface area contributed by atoms with E-state index >= 15 is 0 Å². The molecule has 0 saturated carbocycles. The molecule has 3 aromatic rings. The predicted molar refractivity (Wildman–Crippen MR) is 109 cm³/mol. The highest BCUT2D eigenvalue weighted by molar-refractivity contribution is 6.00. The van der Waals surface area contributed by atoms with Gasteiger partial charge in [0.2, 0.25) is 5.91 Å². The Labute approximate surface area is 173 Å².